The van der Waals surface area contributed by atoms with E-state index in [1.807, 2.05) is 24.3 Å². The molecule has 1 N–H and O–H groups in total. The van der Waals surface area contributed by atoms with Gasteiger partial charge < -0.3 is 9.55 Å². The number of nitrogens with zero attached hydrogens (tertiary/aromatic N) is 2. The summed E-state index contributed by atoms with van der Waals surface area (Å²) < 4.78 is 2.32. The molecule has 0 saturated heterocycles. The van der Waals surface area contributed by atoms with Gasteiger partial charge in [0.2, 0.25) is 0 Å². The van der Waals surface area contributed by atoms with Gasteiger partial charge in [-0.05, 0) is 24.0 Å². The maximum absolute atomic E-state index is 4.78. The van der Waals surface area contributed by atoms with Gasteiger partial charge in [0, 0.05) is 46.6 Å². The molecule has 1 unspecified atom stereocenters. The molecule has 0 bridgehead atoms. The molecule has 4 heteroatoms. The summed E-state index contributed by atoms with van der Waals surface area (Å²) in [7, 11) is 0. The van der Waals surface area contributed by atoms with Gasteiger partial charge in [-0.25, -0.2) is 4.98 Å². The summed E-state index contributed by atoms with van der Waals surface area (Å²) in [4.78, 5) is 8.09. The van der Waals surface area contributed by atoms with Crippen molar-refractivity contribution in [3.8, 4) is 11.3 Å². The first-order chi connectivity index (χ1) is 12.8. The second-order valence-electron chi connectivity index (χ2n) is 6.64. The largest absolute Gasteiger partial charge is 0.361 e. The molecule has 4 rings (SSSR count). The van der Waals surface area contributed by atoms with Crippen molar-refractivity contribution >= 4 is 22.7 Å². The van der Waals surface area contributed by atoms with Crippen LogP contribution in [-0.4, -0.2) is 26.0 Å². The molecule has 2 aromatic carbocycles. The lowest BCUT2D eigenvalue weighted by Crippen LogP contribution is -2.10. The number of hydrogen-bond donors (Lipinski definition) is 1. The van der Waals surface area contributed by atoms with E-state index >= 15 is 0 Å². The van der Waals surface area contributed by atoms with Crippen LogP contribution in [-0.2, 0) is 13.0 Å². The Labute approximate surface area is 158 Å². The van der Waals surface area contributed by atoms with Crippen molar-refractivity contribution in [3.05, 3.63) is 78.4 Å². The highest BCUT2D eigenvalue weighted by Crippen LogP contribution is 2.27. The fourth-order valence-electron chi connectivity index (χ4n) is 3.42. The highest BCUT2D eigenvalue weighted by molar-refractivity contribution is 7.99. The van der Waals surface area contributed by atoms with Crippen molar-refractivity contribution < 1.29 is 0 Å². The fourth-order valence-corrected chi connectivity index (χ4v) is 3.75. The number of aromatic nitrogens is 3. The second-order valence-corrected chi connectivity index (χ2v) is 7.92. The van der Waals surface area contributed by atoms with Crippen LogP contribution in [0.3, 0.4) is 0 Å². The van der Waals surface area contributed by atoms with Gasteiger partial charge in [0.1, 0.15) is 0 Å². The second kappa shape index (κ2) is 7.42. The van der Waals surface area contributed by atoms with E-state index < -0.39 is 0 Å². The maximum Gasteiger partial charge on any atom is 0.0959 e. The van der Waals surface area contributed by atoms with Crippen LogP contribution in [0, 0.1) is 0 Å². The normalized spacial score (nSPS) is 12.5. The Balaban J connectivity index is 1.76. The van der Waals surface area contributed by atoms with Crippen molar-refractivity contribution in [1.82, 2.24) is 14.5 Å². The third-order valence-electron chi connectivity index (χ3n) is 4.90. The number of nitrogens with one attached hydrogen (secondary N) is 1. The monoisotopic (exact) mass is 361 g/mol. The van der Waals surface area contributed by atoms with Gasteiger partial charge in [-0.3, -0.25) is 0 Å². The molecule has 0 aliphatic heterocycles. The molecule has 0 fully saturated rings. The lowest BCUT2D eigenvalue weighted by Gasteiger charge is -2.14. The van der Waals surface area contributed by atoms with Crippen molar-refractivity contribution in [1.29, 1.82) is 0 Å². The summed E-state index contributed by atoms with van der Waals surface area (Å²) >= 11 is 1.90. The molecule has 0 aliphatic carbocycles. The van der Waals surface area contributed by atoms with Crippen molar-refractivity contribution in [3.63, 3.8) is 0 Å². The highest BCUT2D eigenvalue weighted by Gasteiger charge is 2.16. The zero-order valence-electron chi connectivity index (χ0n) is 15.1. The van der Waals surface area contributed by atoms with E-state index in [0.717, 1.165) is 18.7 Å². The zero-order chi connectivity index (χ0) is 17.9. The van der Waals surface area contributed by atoms with E-state index in [2.05, 4.69) is 77.3 Å². The minimum Gasteiger partial charge on any atom is -0.361 e. The predicted octanol–water partition coefficient (Wildman–Crippen LogP) is 5.37. The van der Waals surface area contributed by atoms with Crippen LogP contribution < -0.4 is 0 Å². The molecule has 26 heavy (non-hydrogen) atoms. The number of fused-ring (bicyclic) bond motifs is 1. The average molecular weight is 362 g/mol. The molecular formula is C22H23N3S. The molecule has 132 valence electrons. The lowest BCUT2D eigenvalue weighted by molar-refractivity contribution is 0.732. The minimum atomic E-state index is 0.552. The summed E-state index contributed by atoms with van der Waals surface area (Å²) in [5, 5.41) is 1.84. The van der Waals surface area contributed by atoms with E-state index in [-0.39, 0.29) is 0 Å². The van der Waals surface area contributed by atoms with Gasteiger partial charge >= 0.3 is 0 Å². The highest BCUT2D eigenvalue weighted by atomic mass is 32.2. The summed E-state index contributed by atoms with van der Waals surface area (Å²) in [6, 6.07) is 19.1. The number of aromatic amines is 1. The van der Waals surface area contributed by atoms with Gasteiger partial charge in [-0.1, -0.05) is 49.4 Å². The van der Waals surface area contributed by atoms with Crippen molar-refractivity contribution in [2.45, 2.75) is 25.1 Å². The summed E-state index contributed by atoms with van der Waals surface area (Å²) in [6.07, 6.45) is 7.19. The summed E-state index contributed by atoms with van der Waals surface area (Å²) in [6.45, 7) is 3.12. The van der Waals surface area contributed by atoms with Crippen molar-refractivity contribution in [2.75, 3.05) is 6.26 Å². The van der Waals surface area contributed by atoms with E-state index in [0.29, 0.717) is 5.25 Å². The Hall–Kier alpha value is -2.46. The summed E-state index contributed by atoms with van der Waals surface area (Å²) in [5.74, 6) is 0. The van der Waals surface area contributed by atoms with Gasteiger partial charge in [0.15, 0.2) is 0 Å². The van der Waals surface area contributed by atoms with E-state index in [4.69, 9.17) is 4.98 Å². The smallest absolute Gasteiger partial charge is 0.0959 e. The van der Waals surface area contributed by atoms with Crippen LogP contribution in [0.15, 0.2) is 67.1 Å². The Bertz CT molecular complexity index is 1000. The number of rotatable bonds is 6. The molecular weight excluding hydrogens is 338 g/mol. The predicted molar refractivity (Wildman–Crippen MR) is 112 cm³/mol. The fraction of sp³-hybridized carbons (Fsp3) is 0.227. The van der Waals surface area contributed by atoms with Crippen molar-refractivity contribution in [2.24, 2.45) is 0 Å². The minimum absolute atomic E-state index is 0.552. The molecule has 3 nitrogen and oxygen atoms in total. The molecule has 0 amide bonds. The van der Waals surface area contributed by atoms with Crippen LogP contribution >= 0.6 is 11.8 Å². The SMILES string of the molecule is CSC(C)Cc1c(-c2ccccc2)ncn1Cc1cccc2[nH]ccc12. The molecule has 0 saturated carbocycles. The zero-order valence-corrected chi connectivity index (χ0v) is 16.0. The first-order valence-electron chi connectivity index (χ1n) is 8.93. The first-order valence-corrected chi connectivity index (χ1v) is 10.2. The molecule has 0 aliphatic rings. The Morgan fingerprint density at radius 3 is 2.73 bits per heavy atom. The van der Waals surface area contributed by atoms with E-state index in [9.17, 15) is 0 Å². The number of benzene rings is 2. The number of thioether (sulfide) groups is 1. The Morgan fingerprint density at radius 2 is 1.92 bits per heavy atom. The Kier molecular flexibility index (Phi) is 4.85. The van der Waals surface area contributed by atoms with E-state index in [1.165, 1.54) is 27.7 Å². The number of imidazole rings is 1. The third-order valence-corrected chi connectivity index (χ3v) is 5.87. The standard InChI is InChI=1S/C22H23N3S/c1-16(26-2)13-21-22(17-7-4-3-5-8-17)24-15-25(21)14-18-9-6-10-20-19(18)11-12-23-20/h3-12,15-16,23H,13-14H2,1-2H3. The molecule has 2 heterocycles. The first kappa shape index (κ1) is 17.0. The van der Waals surface area contributed by atoms with Crippen LogP contribution in [0.5, 0.6) is 0 Å². The van der Waals surface area contributed by atoms with Gasteiger partial charge in [0.05, 0.1) is 12.0 Å². The van der Waals surface area contributed by atoms with Gasteiger partial charge in [0.25, 0.3) is 0 Å². The molecule has 0 spiro atoms. The number of H-pyrrole nitrogens is 1. The van der Waals surface area contributed by atoms with E-state index in [1.54, 1.807) is 0 Å². The molecule has 4 aromatic rings. The quantitative estimate of drug-likeness (QED) is 0.501. The van der Waals surface area contributed by atoms with Crippen LogP contribution in [0.2, 0.25) is 0 Å². The average Bonchev–Trinajstić information content (AvgIpc) is 3.30. The topological polar surface area (TPSA) is 33.6 Å². The van der Waals surface area contributed by atoms with Crippen LogP contribution in [0.4, 0.5) is 0 Å². The number of hydrogen-bond acceptors (Lipinski definition) is 2. The maximum atomic E-state index is 4.78. The molecule has 1 atom stereocenters. The Morgan fingerprint density at radius 1 is 1.08 bits per heavy atom. The summed E-state index contributed by atoms with van der Waals surface area (Å²) in [5.41, 5.74) is 6.11. The molecule has 0 radical (unpaired) electrons. The van der Waals surface area contributed by atoms with Crippen LogP contribution in [0.25, 0.3) is 22.2 Å². The van der Waals surface area contributed by atoms with Gasteiger partial charge in [-0.15, -0.1) is 0 Å². The van der Waals surface area contributed by atoms with Crippen LogP contribution in [0.1, 0.15) is 18.2 Å². The lowest BCUT2D eigenvalue weighted by atomic mass is 10.1. The molecule has 2 aromatic heterocycles. The third kappa shape index (κ3) is 3.29. The van der Waals surface area contributed by atoms with Gasteiger partial charge in [-0.2, -0.15) is 11.8 Å².